The molecule has 0 spiro atoms. The Morgan fingerprint density at radius 1 is 1.06 bits per heavy atom. The Morgan fingerprint density at radius 2 is 1.91 bits per heavy atom. The number of hydrogen-bond acceptors (Lipinski definition) is 9. The molecule has 0 aliphatic carbocycles. The van der Waals surface area contributed by atoms with Gasteiger partial charge in [-0.2, -0.15) is 5.10 Å². The molecule has 0 saturated heterocycles. The van der Waals surface area contributed by atoms with E-state index in [9.17, 15) is 4.79 Å². The summed E-state index contributed by atoms with van der Waals surface area (Å²) >= 11 is 0. The number of Topliss-reactive ketones (excluding diaryl/α,β-unsaturated/α-hetero) is 1. The monoisotopic (exact) mass is 430 g/mol. The molecule has 3 aromatic heterocycles. The third-order valence-electron chi connectivity index (χ3n) is 4.64. The first-order chi connectivity index (χ1) is 15.4. The Hall–Kier alpha value is -4.34. The molecule has 4 aromatic rings. The summed E-state index contributed by atoms with van der Waals surface area (Å²) in [6, 6.07) is 9.10. The number of aromatic nitrogens is 6. The van der Waals surface area contributed by atoms with Crippen molar-refractivity contribution in [3.05, 3.63) is 60.4 Å². The van der Waals surface area contributed by atoms with Crippen LogP contribution in [0.2, 0.25) is 0 Å². The summed E-state index contributed by atoms with van der Waals surface area (Å²) < 4.78 is 7.29. The van der Waals surface area contributed by atoms with Gasteiger partial charge in [0.1, 0.15) is 23.8 Å². The van der Waals surface area contributed by atoms with Crippen LogP contribution in [0.25, 0.3) is 11.4 Å². The van der Waals surface area contributed by atoms with Crippen LogP contribution in [0.1, 0.15) is 23.1 Å². The predicted molar refractivity (Wildman–Crippen MR) is 121 cm³/mol. The van der Waals surface area contributed by atoms with Crippen molar-refractivity contribution in [2.75, 3.05) is 17.7 Å². The van der Waals surface area contributed by atoms with E-state index in [1.54, 1.807) is 50.4 Å². The Balaban J connectivity index is 1.72. The van der Waals surface area contributed by atoms with Crippen molar-refractivity contribution < 1.29 is 9.53 Å². The van der Waals surface area contributed by atoms with Crippen molar-refractivity contribution >= 4 is 28.8 Å². The third-order valence-corrected chi connectivity index (χ3v) is 4.64. The van der Waals surface area contributed by atoms with Gasteiger partial charge in [-0.15, -0.1) is 0 Å². The molecule has 10 nitrogen and oxygen atoms in total. The average Bonchev–Trinajstić information content (AvgIpc) is 3.19. The zero-order chi connectivity index (χ0) is 22.7. The maximum atomic E-state index is 12.2. The molecule has 10 heteroatoms. The minimum atomic E-state index is -0.119. The number of anilines is 4. The molecule has 0 aliphatic heterocycles. The van der Waals surface area contributed by atoms with Crippen LogP contribution in [0, 0.1) is 6.92 Å². The Labute approximate surface area is 184 Å². The summed E-state index contributed by atoms with van der Waals surface area (Å²) in [5, 5.41) is 10.8. The molecule has 3 heterocycles. The molecule has 0 fully saturated rings. The summed E-state index contributed by atoms with van der Waals surface area (Å²) in [5.41, 5.74) is 2.41. The summed E-state index contributed by atoms with van der Waals surface area (Å²) in [6.45, 7) is 3.30. The minimum absolute atomic E-state index is 0.119. The fourth-order valence-corrected chi connectivity index (χ4v) is 3.20. The van der Waals surface area contributed by atoms with Gasteiger partial charge in [0.25, 0.3) is 0 Å². The molecule has 4 rings (SSSR count). The fourth-order valence-electron chi connectivity index (χ4n) is 3.20. The molecule has 1 aromatic carbocycles. The SMILES string of the molecule is COc1c(Nc2cc(Nc3ccnc(C)n3)ncc2C(C)=O)cccc1-c1ncn(C)n1. The summed E-state index contributed by atoms with van der Waals surface area (Å²) in [7, 11) is 3.38. The van der Waals surface area contributed by atoms with Gasteiger partial charge in [0.15, 0.2) is 17.4 Å². The number of aryl methyl sites for hydroxylation is 2. The van der Waals surface area contributed by atoms with E-state index in [-0.39, 0.29) is 5.78 Å². The van der Waals surface area contributed by atoms with Crippen molar-refractivity contribution in [2.24, 2.45) is 7.05 Å². The largest absolute Gasteiger partial charge is 0.494 e. The first kappa shape index (κ1) is 20.9. The number of ketones is 1. The second-order valence-corrected chi connectivity index (χ2v) is 7.04. The normalized spacial score (nSPS) is 10.6. The standard InChI is InChI=1S/C22H22N8O2/c1-13(31)16-11-24-20(28-19-8-9-23-14(2)26-19)10-18(16)27-17-7-5-6-15(21(17)32-4)22-25-12-30(3)29-22/h5-12H,1-4H3,(H2,23,24,26,27,28). The molecule has 0 radical (unpaired) electrons. The van der Waals surface area contributed by atoms with Crippen LogP contribution in [-0.2, 0) is 7.05 Å². The lowest BCUT2D eigenvalue weighted by Crippen LogP contribution is -2.05. The van der Waals surface area contributed by atoms with Crippen LogP contribution in [-0.4, -0.2) is 42.6 Å². The van der Waals surface area contributed by atoms with Gasteiger partial charge >= 0.3 is 0 Å². The van der Waals surface area contributed by atoms with E-state index in [1.165, 1.54) is 13.1 Å². The van der Waals surface area contributed by atoms with E-state index < -0.39 is 0 Å². The molecule has 0 aliphatic rings. The van der Waals surface area contributed by atoms with E-state index in [4.69, 9.17) is 4.74 Å². The first-order valence-electron chi connectivity index (χ1n) is 9.82. The van der Waals surface area contributed by atoms with Crippen LogP contribution in [0.4, 0.5) is 23.0 Å². The van der Waals surface area contributed by atoms with E-state index in [1.807, 2.05) is 18.2 Å². The maximum absolute atomic E-state index is 12.2. The van der Waals surface area contributed by atoms with Crippen molar-refractivity contribution in [1.82, 2.24) is 29.7 Å². The van der Waals surface area contributed by atoms with Crippen LogP contribution < -0.4 is 15.4 Å². The summed E-state index contributed by atoms with van der Waals surface area (Å²) in [6.07, 6.45) is 4.81. The Bertz CT molecular complexity index is 1280. The lowest BCUT2D eigenvalue weighted by atomic mass is 10.1. The lowest BCUT2D eigenvalue weighted by molar-refractivity contribution is 0.101. The van der Waals surface area contributed by atoms with Crippen LogP contribution in [0.5, 0.6) is 5.75 Å². The smallest absolute Gasteiger partial charge is 0.184 e. The zero-order valence-corrected chi connectivity index (χ0v) is 18.1. The molecule has 0 amide bonds. The molecular weight excluding hydrogens is 408 g/mol. The second kappa shape index (κ2) is 8.80. The van der Waals surface area contributed by atoms with Crippen LogP contribution in [0.15, 0.2) is 49.1 Å². The van der Waals surface area contributed by atoms with Gasteiger partial charge in [0.2, 0.25) is 0 Å². The van der Waals surface area contributed by atoms with Gasteiger partial charge in [-0.3, -0.25) is 9.48 Å². The number of hydrogen-bond donors (Lipinski definition) is 2. The average molecular weight is 430 g/mol. The number of carbonyl (C=O) groups is 1. The van der Waals surface area contributed by atoms with Crippen molar-refractivity contribution in [2.45, 2.75) is 13.8 Å². The van der Waals surface area contributed by atoms with E-state index in [0.717, 1.165) is 5.56 Å². The van der Waals surface area contributed by atoms with Gasteiger partial charge in [0, 0.05) is 25.5 Å². The van der Waals surface area contributed by atoms with Gasteiger partial charge in [-0.1, -0.05) is 6.07 Å². The van der Waals surface area contributed by atoms with Crippen LogP contribution in [0.3, 0.4) is 0 Å². The minimum Gasteiger partial charge on any atom is -0.494 e. The van der Waals surface area contributed by atoms with Crippen molar-refractivity contribution in [1.29, 1.82) is 0 Å². The highest BCUT2D eigenvalue weighted by Gasteiger charge is 2.17. The maximum Gasteiger partial charge on any atom is 0.184 e. The summed E-state index contributed by atoms with van der Waals surface area (Å²) in [4.78, 5) is 29.3. The highest BCUT2D eigenvalue weighted by Crippen LogP contribution is 2.37. The number of rotatable bonds is 7. The van der Waals surface area contributed by atoms with Gasteiger partial charge < -0.3 is 15.4 Å². The number of carbonyl (C=O) groups excluding carboxylic acids is 1. The molecule has 0 bridgehead atoms. The van der Waals surface area contributed by atoms with Gasteiger partial charge in [0.05, 0.1) is 29.6 Å². The zero-order valence-electron chi connectivity index (χ0n) is 18.1. The number of nitrogens with one attached hydrogen (secondary N) is 2. The van der Waals surface area contributed by atoms with E-state index in [0.29, 0.717) is 46.0 Å². The van der Waals surface area contributed by atoms with Gasteiger partial charge in [-0.05, 0) is 32.0 Å². The highest BCUT2D eigenvalue weighted by atomic mass is 16.5. The number of benzene rings is 1. The number of para-hydroxylation sites is 1. The first-order valence-corrected chi connectivity index (χ1v) is 9.82. The predicted octanol–water partition coefficient (Wildman–Crippen LogP) is 3.67. The van der Waals surface area contributed by atoms with Crippen LogP contribution >= 0.6 is 0 Å². The molecule has 162 valence electrons. The summed E-state index contributed by atoms with van der Waals surface area (Å²) in [5.74, 6) is 2.75. The lowest BCUT2D eigenvalue weighted by Gasteiger charge is -2.16. The highest BCUT2D eigenvalue weighted by molar-refractivity contribution is 6.00. The third kappa shape index (κ3) is 4.38. The number of methoxy groups -OCH3 is 1. The second-order valence-electron chi connectivity index (χ2n) is 7.04. The Morgan fingerprint density at radius 3 is 2.59 bits per heavy atom. The Kier molecular flexibility index (Phi) is 5.75. The fraction of sp³-hybridized carbons (Fsp3) is 0.182. The molecule has 2 N–H and O–H groups in total. The van der Waals surface area contributed by atoms with Crippen molar-refractivity contribution in [3.63, 3.8) is 0 Å². The number of ether oxygens (including phenoxy) is 1. The molecule has 0 unspecified atom stereocenters. The topological polar surface area (TPSA) is 120 Å². The number of pyridine rings is 1. The molecule has 32 heavy (non-hydrogen) atoms. The molecular formula is C22H22N8O2. The van der Waals surface area contributed by atoms with Crippen molar-refractivity contribution in [3.8, 4) is 17.1 Å². The molecule has 0 saturated carbocycles. The van der Waals surface area contributed by atoms with E-state index >= 15 is 0 Å². The molecule has 0 atom stereocenters. The van der Waals surface area contributed by atoms with Gasteiger partial charge in [-0.25, -0.2) is 19.9 Å². The quantitative estimate of drug-likeness (QED) is 0.423. The number of nitrogens with zero attached hydrogens (tertiary/aromatic N) is 6. The van der Waals surface area contributed by atoms with E-state index in [2.05, 4.69) is 35.7 Å².